The number of hydrogen-bond donors (Lipinski definition) is 0. The van der Waals surface area contributed by atoms with Crippen molar-refractivity contribution in [3.05, 3.63) is 36.4 Å². The summed E-state index contributed by atoms with van der Waals surface area (Å²) in [6.07, 6.45) is 53.6. The van der Waals surface area contributed by atoms with Crippen LogP contribution in [0.5, 0.6) is 34.5 Å². The zero-order valence-corrected chi connectivity index (χ0v) is 59.0. The van der Waals surface area contributed by atoms with E-state index in [1.807, 2.05) is 36.4 Å². The van der Waals surface area contributed by atoms with Gasteiger partial charge in [-0.25, -0.2) is 29.9 Å². The van der Waals surface area contributed by atoms with Gasteiger partial charge < -0.3 is 28.4 Å². The Balaban J connectivity index is 1.31. The lowest BCUT2D eigenvalue weighted by Gasteiger charge is -2.16. The quantitative estimate of drug-likeness (QED) is 0.0204. The Kier molecular flexibility index (Phi) is 36.1. The van der Waals surface area contributed by atoms with E-state index in [9.17, 15) is 0 Å². The van der Waals surface area contributed by atoms with E-state index < -0.39 is 0 Å². The van der Waals surface area contributed by atoms with Gasteiger partial charge in [-0.05, 0) is 38.5 Å². The maximum Gasteiger partial charge on any atom is 0.163 e. The Labute approximate surface area is 556 Å². The van der Waals surface area contributed by atoms with Gasteiger partial charge in [0.2, 0.25) is 0 Å². The van der Waals surface area contributed by atoms with Crippen molar-refractivity contribution < 1.29 is 28.4 Å². The standard InChI is InChI=1S/C80H124N6O6/c1-7-13-19-25-30-35-40-46-52-88-70-58-64-63(57-69(70)87-51-45-24-18-12-6)81-75-76(82-64)78-80(86-68-62-74(92-56-50-44-39-34-29-23-17-11-5)73(61-67(68)84-78)91-55-49-43-38-33-28-22-16-10-4)79-77(75)83-65-59-71(89-53-47-41-36-31-26-20-14-8-2)72(60-66(65)85-79)90-54-48-42-37-32-27-21-15-9-3/h57-62H,7-56H2,1-6H3. The third-order valence-electron chi connectivity index (χ3n) is 18.4. The highest BCUT2D eigenvalue weighted by Crippen LogP contribution is 2.40. The highest BCUT2D eigenvalue weighted by Gasteiger charge is 2.23. The molecule has 7 aromatic rings. The van der Waals surface area contributed by atoms with E-state index in [-0.39, 0.29) is 0 Å². The minimum Gasteiger partial charge on any atom is -0.490 e. The molecule has 0 unspecified atom stereocenters. The smallest absolute Gasteiger partial charge is 0.163 e. The SMILES string of the molecule is CCCCCCCCCCOc1cc2nc3c(nc2cc1OCCCCCC)c1nc2cc(OCCCCCCCCCC)c(OCCCCCCCCCC)cc2nc1c1nc2cc(OCCCCCCCCCC)c(OCCCCCCCCCC)cc2nc31. The van der Waals surface area contributed by atoms with E-state index in [4.69, 9.17) is 58.3 Å². The second-order valence-corrected chi connectivity index (χ2v) is 26.7. The van der Waals surface area contributed by atoms with Gasteiger partial charge in [0, 0.05) is 36.4 Å². The van der Waals surface area contributed by atoms with Crippen molar-refractivity contribution >= 4 is 66.2 Å². The molecule has 12 heteroatoms. The number of nitrogens with zero attached hydrogens (tertiary/aromatic N) is 6. The van der Waals surface area contributed by atoms with E-state index in [1.54, 1.807) is 0 Å². The topological polar surface area (TPSA) is 133 Å². The van der Waals surface area contributed by atoms with Crippen molar-refractivity contribution in [1.82, 2.24) is 29.9 Å². The van der Waals surface area contributed by atoms with Crippen LogP contribution in [0.2, 0.25) is 0 Å². The Morgan fingerprint density at radius 2 is 0.293 bits per heavy atom. The average molecular weight is 1270 g/mol. The monoisotopic (exact) mass is 1260 g/mol. The molecule has 92 heavy (non-hydrogen) atoms. The molecule has 3 aromatic heterocycles. The third kappa shape index (κ3) is 25.3. The van der Waals surface area contributed by atoms with Crippen LogP contribution in [0.15, 0.2) is 36.4 Å². The molecule has 0 aliphatic rings. The number of rotatable bonds is 56. The summed E-state index contributed by atoms with van der Waals surface area (Å²) in [6.45, 7) is 17.3. The van der Waals surface area contributed by atoms with E-state index in [0.717, 1.165) is 83.5 Å². The molecule has 0 saturated carbocycles. The normalized spacial score (nSPS) is 11.8. The zero-order chi connectivity index (χ0) is 64.5. The Hall–Kier alpha value is -5.52. The molecule has 510 valence electrons. The first kappa shape index (κ1) is 73.9. The summed E-state index contributed by atoms with van der Waals surface area (Å²) in [4.78, 5) is 33.1. The highest BCUT2D eigenvalue weighted by molar-refractivity contribution is 6.21. The van der Waals surface area contributed by atoms with E-state index in [0.29, 0.717) is 140 Å². The molecule has 0 fully saturated rings. The lowest BCUT2D eigenvalue weighted by atomic mass is 10.1. The van der Waals surface area contributed by atoms with Gasteiger partial charge in [-0.3, -0.25) is 0 Å². The molecule has 0 N–H and O–H groups in total. The second kappa shape index (κ2) is 45.0. The maximum atomic E-state index is 6.70. The molecule has 0 aliphatic heterocycles. The van der Waals surface area contributed by atoms with Crippen LogP contribution in [0.4, 0.5) is 0 Å². The first-order valence-corrected chi connectivity index (χ1v) is 38.3. The summed E-state index contributed by atoms with van der Waals surface area (Å²) >= 11 is 0. The van der Waals surface area contributed by atoms with Crippen molar-refractivity contribution in [2.75, 3.05) is 39.6 Å². The van der Waals surface area contributed by atoms with Crippen LogP contribution in [0, 0.1) is 0 Å². The molecule has 7 rings (SSSR count). The van der Waals surface area contributed by atoms with Gasteiger partial charge in [0.05, 0.1) is 72.7 Å². The van der Waals surface area contributed by atoms with Crippen LogP contribution in [-0.2, 0) is 0 Å². The molecule has 4 aromatic carbocycles. The lowest BCUT2D eigenvalue weighted by Crippen LogP contribution is -2.05. The third-order valence-corrected chi connectivity index (χ3v) is 18.4. The van der Waals surface area contributed by atoms with Crippen LogP contribution in [0.3, 0.4) is 0 Å². The number of benzene rings is 4. The van der Waals surface area contributed by atoms with Crippen LogP contribution >= 0.6 is 0 Å². The van der Waals surface area contributed by atoms with E-state index >= 15 is 0 Å². The van der Waals surface area contributed by atoms with Gasteiger partial charge >= 0.3 is 0 Å². The van der Waals surface area contributed by atoms with Crippen LogP contribution < -0.4 is 28.4 Å². The molecule has 3 heterocycles. The van der Waals surface area contributed by atoms with Crippen molar-refractivity contribution in [2.24, 2.45) is 0 Å². The van der Waals surface area contributed by atoms with Gasteiger partial charge in [-0.1, -0.05) is 286 Å². The summed E-state index contributed by atoms with van der Waals surface area (Å²) < 4.78 is 40.1. The summed E-state index contributed by atoms with van der Waals surface area (Å²) in [6, 6.07) is 12.1. The summed E-state index contributed by atoms with van der Waals surface area (Å²) in [5.74, 6) is 4.16. The molecule has 0 radical (unpaired) electrons. The van der Waals surface area contributed by atoms with Gasteiger partial charge in [0.15, 0.2) is 34.5 Å². The van der Waals surface area contributed by atoms with Crippen LogP contribution in [0.1, 0.15) is 324 Å². The largest absolute Gasteiger partial charge is 0.490 e. The van der Waals surface area contributed by atoms with E-state index in [1.165, 1.54) is 199 Å². The molecule has 0 atom stereocenters. The Morgan fingerprint density at radius 1 is 0.174 bits per heavy atom. The fraction of sp³-hybridized carbons (Fsp3) is 0.700. The fourth-order valence-corrected chi connectivity index (χ4v) is 12.7. The second-order valence-electron chi connectivity index (χ2n) is 26.7. The minimum absolute atomic E-state index is 0.595. The highest BCUT2D eigenvalue weighted by atomic mass is 16.5. The van der Waals surface area contributed by atoms with Crippen molar-refractivity contribution in [3.63, 3.8) is 0 Å². The van der Waals surface area contributed by atoms with Gasteiger partial charge in [-0.2, -0.15) is 0 Å². The average Bonchev–Trinajstić information content (AvgIpc) is 0.723. The predicted octanol–water partition coefficient (Wildman–Crippen LogP) is 24.5. The van der Waals surface area contributed by atoms with Crippen molar-refractivity contribution in [2.45, 2.75) is 324 Å². The molecule has 0 spiro atoms. The fourth-order valence-electron chi connectivity index (χ4n) is 12.7. The summed E-state index contributed by atoms with van der Waals surface area (Å²) in [5, 5.41) is 0. The molecule has 0 bridgehead atoms. The molecule has 0 amide bonds. The van der Waals surface area contributed by atoms with Gasteiger partial charge in [0.25, 0.3) is 0 Å². The first-order chi connectivity index (χ1) is 45.5. The van der Waals surface area contributed by atoms with Crippen molar-refractivity contribution in [1.29, 1.82) is 0 Å². The van der Waals surface area contributed by atoms with Gasteiger partial charge in [0.1, 0.15) is 33.1 Å². The number of aromatic nitrogens is 6. The lowest BCUT2D eigenvalue weighted by molar-refractivity contribution is 0.259. The number of hydrogen-bond acceptors (Lipinski definition) is 12. The van der Waals surface area contributed by atoms with Crippen LogP contribution in [0.25, 0.3) is 66.2 Å². The molecule has 0 aliphatic carbocycles. The Bertz CT molecular complexity index is 3080. The van der Waals surface area contributed by atoms with Crippen LogP contribution in [-0.4, -0.2) is 69.5 Å². The Morgan fingerprint density at radius 3 is 0.435 bits per heavy atom. The number of fused-ring (bicyclic) bond motifs is 9. The predicted molar refractivity (Wildman–Crippen MR) is 388 cm³/mol. The van der Waals surface area contributed by atoms with E-state index in [2.05, 4.69) is 41.5 Å². The molecule has 0 saturated heterocycles. The summed E-state index contributed by atoms with van der Waals surface area (Å²) in [5.41, 5.74) is 7.71. The molecular weight excluding hydrogens is 1140 g/mol. The maximum absolute atomic E-state index is 6.70. The molecular formula is C80H124N6O6. The molecule has 12 nitrogen and oxygen atoms in total. The summed E-state index contributed by atoms with van der Waals surface area (Å²) in [7, 11) is 0. The first-order valence-electron chi connectivity index (χ1n) is 38.3. The van der Waals surface area contributed by atoms with Gasteiger partial charge in [-0.15, -0.1) is 0 Å². The zero-order valence-electron chi connectivity index (χ0n) is 59.0. The number of ether oxygens (including phenoxy) is 6. The minimum atomic E-state index is 0.595. The van der Waals surface area contributed by atoms with Crippen molar-refractivity contribution in [3.8, 4) is 34.5 Å². The number of unbranched alkanes of at least 4 members (excludes halogenated alkanes) is 38.